The Kier molecular flexibility index (Phi) is 9.14. The summed E-state index contributed by atoms with van der Waals surface area (Å²) < 4.78 is 170. The summed E-state index contributed by atoms with van der Waals surface area (Å²) in [5.74, 6) is -53.8. The Labute approximate surface area is 226 Å². The molecule has 0 aliphatic carbocycles. The second kappa shape index (κ2) is 11.4. The normalized spacial score (nSPS) is 14.4. The molecule has 0 amide bonds. The molecule has 8 nitrogen and oxygen atoms in total. The third kappa shape index (κ3) is 5.64. The first-order valence-electron chi connectivity index (χ1n) is 10.6. The van der Waals surface area contributed by atoms with Gasteiger partial charge in [-0.3, -0.25) is 10.8 Å². The molecule has 0 aliphatic rings. The largest absolute Gasteiger partial charge is 0.392 e. The molecule has 42 heavy (non-hydrogen) atoms. The van der Waals surface area contributed by atoms with Gasteiger partial charge in [-0.1, -0.05) is 71.0 Å². The maximum absolute atomic E-state index is 14.2. The Morgan fingerprint density at radius 1 is 0.500 bits per heavy atom. The third-order valence-electron chi connectivity index (χ3n) is 5.15. The average molecular weight is 624 g/mol. The van der Waals surface area contributed by atoms with Crippen molar-refractivity contribution >= 4 is 23.5 Å². The number of benzene rings is 2. The number of amidine groups is 2. The van der Waals surface area contributed by atoms with Gasteiger partial charge in [0.05, 0.1) is 0 Å². The maximum Gasteiger partial charge on any atom is 0.392 e. The zero-order valence-electron chi connectivity index (χ0n) is 20.2. The minimum atomic E-state index is -8.06. The predicted octanol–water partition coefficient (Wildman–Crippen LogP) is 5.43. The lowest BCUT2D eigenvalue weighted by Crippen LogP contribution is -2.72. The van der Waals surface area contributed by atoms with Gasteiger partial charge in [0.15, 0.2) is 11.7 Å². The molecule has 20 heteroatoms. The first-order chi connectivity index (χ1) is 19.1. The molecule has 0 heterocycles. The maximum atomic E-state index is 14.2. The molecule has 2 rings (SSSR count). The summed E-state index contributed by atoms with van der Waals surface area (Å²) in [6.45, 7) is 0. The molecule has 0 saturated heterocycles. The molecule has 0 unspecified atom stereocenters. The Morgan fingerprint density at radius 2 is 0.762 bits per heavy atom. The lowest BCUT2D eigenvalue weighted by Gasteiger charge is -2.40. The number of halogens is 12. The second-order valence-electron chi connectivity index (χ2n) is 7.97. The monoisotopic (exact) mass is 624 g/mol. The highest BCUT2D eigenvalue weighted by atomic mass is 19.4. The number of hydrogen-bond donors (Lipinski definition) is 4. The second-order valence-corrected chi connectivity index (χ2v) is 7.97. The number of alkyl halides is 12. The van der Waals surface area contributed by atoms with Gasteiger partial charge in [-0.05, 0) is 0 Å². The van der Waals surface area contributed by atoms with Crippen LogP contribution in [0, 0.1) is 10.8 Å². The van der Waals surface area contributed by atoms with Crippen LogP contribution in [-0.2, 0) is 9.68 Å². The van der Waals surface area contributed by atoms with Crippen molar-refractivity contribution in [1.29, 1.82) is 10.8 Å². The fraction of sp³-hybridized carbons (Fsp3) is 0.273. The van der Waals surface area contributed by atoms with Crippen molar-refractivity contribution in [2.75, 3.05) is 0 Å². The summed E-state index contributed by atoms with van der Waals surface area (Å²) in [5.41, 5.74) is 10.2. The van der Waals surface area contributed by atoms with Crippen LogP contribution >= 0.6 is 0 Å². The van der Waals surface area contributed by atoms with Gasteiger partial charge < -0.3 is 21.1 Å². The molecule has 0 spiro atoms. The summed E-state index contributed by atoms with van der Waals surface area (Å²) in [4.78, 5) is 7.04. The van der Waals surface area contributed by atoms with E-state index in [0.29, 0.717) is 0 Å². The topological polar surface area (TPSA) is 143 Å². The van der Waals surface area contributed by atoms with E-state index in [4.69, 9.17) is 22.3 Å². The highest BCUT2D eigenvalue weighted by Crippen LogP contribution is 2.60. The molecule has 0 aromatic heterocycles. The fourth-order valence-corrected chi connectivity index (χ4v) is 2.70. The Bertz CT molecular complexity index is 1250. The van der Waals surface area contributed by atoms with Crippen molar-refractivity contribution in [1.82, 2.24) is 0 Å². The fourth-order valence-electron chi connectivity index (χ4n) is 2.70. The zero-order chi connectivity index (χ0) is 32.4. The van der Waals surface area contributed by atoms with Crippen LogP contribution in [0.5, 0.6) is 0 Å². The van der Waals surface area contributed by atoms with Gasteiger partial charge in [0.25, 0.3) is 11.8 Å². The van der Waals surface area contributed by atoms with Gasteiger partial charge >= 0.3 is 35.5 Å². The van der Waals surface area contributed by atoms with E-state index in [2.05, 4.69) is 20.0 Å². The minimum absolute atomic E-state index is 0.154. The number of nitrogens with zero attached hydrogens (tertiary/aromatic N) is 2. The van der Waals surface area contributed by atoms with Crippen LogP contribution in [0.3, 0.4) is 0 Å². The minimum Gasteiger partial charge on any atom is -0.380 e. The van der Waals surface area contributed by atoms with Gasteiger partial charge in [0, 0.05) is 11.1 Å². The molecule has 0 saturated carbocycles. The van der Waals surface area contributed by atoms with E-state index in [1.54, 1.807) is 0 Å². The summed E-state index contributed by atoms with van der Waals surface area (Å²) in [6, 6.07) is 12.5. The van der Waals surface area contributed by atoms with Crippen LogP contribution in [0.25, 0.3) is 0 Å². The average Bonchev–Trinajstić information content (AvgIpc) is 2.94. The molecule has 0 radical (unpaired) electrons. The molecule has 0 bridgehead atoms. The van der Waals surface area contributed by atoms with Gasteiger partial charge in [0.2, 0.25) is 0 Å². The van der Waals surface area contributed by atoms with Crippen LogP contribution in [0.2, 0.25) is 0 Å². The molecule has 0 fully saturated rings. The van der Waals surface area contributed by atoms with E-state index < -0.39 is 59.0 Å². The van der Waals surface area contributed by atoms with Crippen LogP contribution in [0.1, 0.15) is 11.1 Å². The Hall–Kier alpha value is -4.52. The number of nitrogens with one attached hydrogen (secondary N) is 2. The van der Waals surface area contributed by atoms with Crippen molar-refractivity contribution in [3.05, 3.63) is 71.8 Å². The smallest absolute Gasteiger partial charge is 0.380 e. The van der Waals surface area contributed by atoms with E-state index in [1.807, 2.05) is 0 Å². The van der Waals surface area contributed by atoms with Crippen molar-refractivity contribution in [3.63, 3.8) is 0 Å². The molecule has 6 N–H and O–H groups in total. The Morgan fingerprint density at radius 3 is 1.02 bits per heavy atom. The zero-order valence-corrected chi connectivity index (χ0v) is 20.2. The molecule has 0 atom stereocenters. The molecule has 2 aromatic rings. The molecule has 0 aliphatic heterocycles. The summed E-state index contributed by atoms with van der Waals surface area (Å²) in [5, 5.41) is 18.7. The number of oxime groups is 2. The van der Waals surface area contributed by atoms with E-state index in [0.717, 1.165) is 24.3 Å². The van der Waals surface area contributed by atoms with E-state index >= 15 is 0 Å². The molecular formula is C22H16F12N6O2. The van der Waals surface area contributed by atoms with Crippen LogP contribution < -0.4 is 11.5 Å². The summed E-state index contributed by atoms with van der Waals surface area (Å²) in [6.07, 6.45) is 0. The van der Waals surface area contributed by atoms with Gasteiger partial charge in [-0.25, -0.2) is 0 Å². The number of nitrogens with two attached hydrogens (primary N) is 2. The van der Waals surface area contributed by atoms with Crippen molar-refractivity contribution in [2.24, 2.45) is 21.8 Å². The first kappa shape index (κ1) is 33.7. The van der Waals surface area contributed by atoms with Crippen molar-refractivity contribution in [3.8, 4) is 0 Å². The molecule has 2 aromatic carbocycles. The highest BCUT2D eigenvalue weighted by molar-refractivity contribution is 5.98. The lowest BCUT2D eigenvalue weighted by atomic mass is 9.91. The summed E-state index contributed by atoms with van der Waals surface area (Å²) >= 11 is 0. The standard InChI is InChI=1S/C22H16F12N6O2/c23-17(24,15(37)41-39-13(35)11-7-3-1-4-8-11)19(27,28)21(31,32)22(33,34)20(29,30)18(25,26)16(38)42-40-14(36)12-9-5-2-6-10-12/h1-10,37-38H,(H2,35,39)(H2,36,40). The molecule has 230 valence electrons. The van der Waals surface area contributed by atoms with E-state index in [1.165, 1.54) is 36.4 Å². The predicted molar refractivity (Wildman–Crippen MR) is 122 cm³/mol. The van der Waals surface area contributed by atoms with Crippen molar-refractivity contribution < 1.29 is 62.4 Å². The van der Waals surface area contributed by atoms with Gasteiger partial charge in [-0.2, -0.15) is 52.7 Å². The van der Waals surface area contributed by atoms with Crippen molar-refractivity contribution in [2.45, 2.75) is 35.5 Å². The third-order valence-corrected chi connectivity index (χ3v) is 5.15. The van der Waals surface area contributed by atoms with Gasteiger partial charge in [0.1, 0.15) is 0 Å². The highest BCUT2D eigenvalue weighted by Gasteiger charge is 2.92. The lowest BCUT2D eigenvalue weighted by molar-refractivity contribution is -0.412. The quantitative estimate of drug-likeness (QED) is 0.115. The van der Waals surface area contributed by atoms with Crippen LogP contribution in [-0.4, -0.2) is 59.0 Å². The number of hydrogen-bond acceptors (Lipinski definition) is 6. The first-order valence-corrected chi connectivity index (χ1v) is 10.6. The van der Waals surface area contributed by atoms with E-state index in [9.17, 15) is 52.7 Å². The van der Waals surface area contributed by atoms with Crippen LogP contribution in [0.15, 0.2) is 71.0 Å². The SMILES string of the molecule is N=C(O/N=C(/N)c1ccccc1)C(F)(F)C(F)(F)C(F)(F)C(F)(F)C(F)(F)C(F)(F)C(=N)O/N=C(/N)c1ccccc1. The Balaban J connectivity index is 2.37. The molecular weight excluding hydrogens is 608 g/mol. The van der Waals surface area contributed by atoms with Crippen LogP contribution in [0.4, 0.5) is 52.7 Å². The number of rotatable bonds is 11. The summed E-state index contributed by atoms with van der Waals surface area (Å²) in [7, 11) is 0. The van der Waals surface area contributed by atoms with Gasteiger partial charge in [-0.15, -0.1) is 0 Å². The van der Waals surface area contributed by atoms with E-state index in [-0.39, 0.29) is 11.1 Å².